The van der Waals surface area contributed by atoms with Crippen molar-refractivity contribution >= 4 is 56.5 Å². The molecule has 0 saturated carbocycles. The first-order chi connectivity index (χ1) is 18.0. The Bertz CT molecular complexity index is 1650. The summed E-state index contributed by atoms with van der Waals surface area (Å²) >= 11 is 9.89. The lowest BCUT2D eigenvalue weighted by Gasteiger charge is -2.08. The molecule has 0 spiro atoms. The number of amides is 1. The van der Waals surface area contributed by atoms with Crippen molar-refractivity contribution in [3.05, 3.63) is 123 Å². The number of carbonyl (C=O) groups excluding carboxylic acids is 2. The maximum absolute atomic E-state index is 13.2. The van der Waals surface area contributed by atoms with Crippen molar-refractivity contribution < 1.29 is 14.3 Å². The number of H-pyrrole nitrogens is 1. The van der Waals surface area contributed by atoms with Gasteiger partial charge in [0.1, 0.15) is 11.4 Å². The fourth-order valence-corrected chi connectivity index (χ4v) is 4.53. The average molecular weight is 573 g/mol. The molecule has 0 aliphatic rings. The van der Waals surface area contributed by atoms with Crippen LogP contribution in [0.3, 0.4) is 0 Å². The first-order valence-electron chi connectivity index (χ1n) is 11.3. The molecule has 0 radical (unpaired) electrons. The molecule has 8 heteroatoms. The van der Waals surface area contributed by atoms with Gasteiger partial charge in [0.2, 0.25) is 0 Å². The number of para-hydroxylation sites is 1. The maximum Gasteiger partial charge on any atom is 0.343 e. The number of fused-ring (bicyclic) bond motifs is 1. The average Bonchev–Trinajstić information content (AvgIpc) is 3.30. The molecule has 0 bridgehead atoms. The summed E-state index contributed by atoms with van der Waals surface area (Å²) in [4.78, 5) is 29.0. The predicted octanol–water partition coefficient (Wildman–Crippen LogP) is 7.23. The van der Waals surface area contributed by atoms with Crippen LogP contribution in [0.2, 0.25) is 5.02 Å². The maximum atomic E-state index is 13.2. The largest absolute Gasteiger partial charge is 0.422 e. The van der Waals surface area contributed by atoms with Crippen LogP contribution in [0.5, 0.6) is 5.75 Å². The number of hydrogen-bond donors (Lipinski definition) is 2. The molecule has 182 valence electrons. The zero-order valence-corrected chi connectivity index (χ0v) is 21.6. The monoisotopic (exact) mass is 571 g/mol. The van der Waals surface area contributed by atoms with Crippen LogP contribution < -0.4 is 10.2 Å². The number of hydrazone groups is 1. The van der Waals surface area contributed by atoms with E-state index in [-0.39, 0.29) is 0 Å². The van der Waals surface area contributed by atoms with Crippen molar-refractivity contribution in [3.8, 4) is 16.9 Å². The van der Waals surface area contributed by atoms with Crippen LogP contribution in [0, 0.1) is 0 Å². The Balaban J connectivity index is 1.42. The molecule has 0 aliphatic carbocycles. The summed E-state index contributed by atoms with van der Waals surface area (Å²) < 4.78 is 6.33. The molecule has 0 fully saturated rings. The minimum absolute atomic E-state index is 0.303. The molecule has 0 saturated heterocycles. The van der Waals surface area contributed by atoms with Gasteiger partial charge in [0.05, 0.1) is 11.8 Å². The van der Waals surface area contributed by atoms with Crippen LogP contribution in [0.25, 0.3) is 22.0 Å². The number of aromatic amines is 1. The lowest BCUT2D eigenvalue weighted by Crippen LogP contribution is -2.19. The summed E-state index contributed by atoms with van der Waals surface area (Å²) in [5.41, 5.74) is 6.05. The predicted molar refractivity (Wildman–Crippen MR) is 149 cm³/mol. The van der Waals surface area contributed by atoms with Crippen LogP contribution in [0.4, 0.5) is 0 Å². The molecular formula is C29H19BrClN3O3. The Hall–Kier alpha value is -4.20. The van der Waals surface area contributed by atoms with E-state index in [1.54, 1.807) is 48.5 Å². The summed E-state index contributed by atoms with van der Waals surface area (Å²) in [6, 6.07) is 28.8. The molecule has 5 rings (SSSR count). The third-order valence-corrected chi connectivity index (χ3v) is 6.45. The quantitative estimate of drug-likeness (QED) is 0.0974. The molecule has 1 aromatic heterocycles. The number of carbonyl (C=O) groups is 2. The second-order valence-electron chi connectivity index (χ2n) is 8.04. The van der Waals surface area contributed by atoms with Gasteiger partial charge in [-0.05, 0) is 42.5 Å². The van der Waals surface area contributed by atoms with E-state index in [9.17, 15) is 9.59 Å². The zero-order valence-electron chi connectivity index (χ0n) is 19.2. The Kier molecular flexibility index (Phi) is 7.16. The Morgan fingerprint density at radius 1 is 0.919 bits per heavy atom. The number of halogens is 2. The molecule has 0 unspecified atom stereocenters. The van der Waals surface area contributed by atoms with Gasteiger partial charge in [-0.25, -0.2) is 10.2 Å². The van der Waals surface area contributed by atoms with Crippen molar-refractivity contribution in [3.63, 3.8) is 0 Å². The van der Waals surface area contributed by atoms with Gasteiger partial charge in [-0.15, -0.1) is 0 Å². The van der Waals surface area contributed by atoms with Gasteiger partial charge in [0.25, 0.3) is 5.91 Å². The number of hydrogen-bond acceptors (Lipinski definition) is 4. The second kappa shape index (κ2) is 10.8. The van der Waals surface area contributed by atoms with Crippen molar-refractivity contribution in [2.75, 3.05) is 0 Å². The molecule has 0 atom stereocenters. The Morgan fingerprint density at radius 2 is 1.65 bits per heavy atom. The van der Waals surface area contributed by atoms with E-state index in [1.165, 1.54) is 6.21 Å². The second-order valence-corrected chi connectivity index (χ2v) is 9.36. The number of benzene rings is 4. The minimum atomic E-state index is -0.496. The summed E-state index contributed by atoms with van der Waals surface area (Å²) in [7, 11) is 0. The number of nitrogens with zero attached hydrogens (tertiary/aromatic N) is 1. The van der Waals surface area contributed by atoms with Gasteiger partial charge in [0, 0.05) is 37.1 Å². The lowest BCUT2D eigenvalue weighted by molar-refractivity contribution is 0.0734. The number of aromatic nitrogens is 1. The molecule has 6 nitrogen and oxygen atoms in total. The zero-order chi connectivity index (χ0) is 25.8. The van der Waals surface area contributed by atoms with Gasteiger partial charge in [0.15, 0.2) is 0 Å². The van der Waals surface area contributed by atoms with E-state index < -0.39 is 11.9 Å². The van der Waals surface area contributed by atoms with Crippen LogP contribution in [0.15, 0.2) is 107 Å². The molecule has 1 amide bonds. The fraction of sp³-hybridized carbons (Fsp3) is 0. The topological polar surface area (TPSA) is 83.5 Å². The van der Waals surface area contributed by atoms with E-state index in [2.05, 4.69) is 31.4 Å². The molecule has 2 N–H and O–H groups in total. The number of esters is 1. The summed E-state index contributed by atoms with van der Waals surface area (Å²) in [6.07, 6.45) is 1.42. The van der Waals surface area contributed by atoms with Gasteiger partial charge >= 0.3 is 5.97 Å². The van der Waals surface area contributed by atoms with E-state index in [0.29, 0.717) is 33.2 Å². The third kappa shape index (κ3) is 5.33. The molecular weight excluding hydrogens is 554 g/mol. The minimum Gasteiger partial charge on any atom is -0.422 e. The molecule has 0 aliphatic heterocycles. The van der Waals surface area contributed by atoms with Crippen LogP contribution in [-0.2, 0) is 0 Å². The highest BCUT2D eigenvalue weighted by Gasteiger charge is 2.20. The SMILES string of the molecule is O=C(Oc1ccc(Br)cc1C=NNC(=O)c1[nH]c2ccccc2c1-c1ccccc1Cl)c1ccccc1. The lowest BCUT2D eigenvalue weighted by atomic mass is 10.0. The normalized spacial score (nSPS) is 11.1. The molecule has 37 heavy (non-hydrogen) atoms. The molecule has 5 aromatic rings. The van der Waals surface area contributed by atoms with E-state index in [1.807, 2.05) is 48.5 Å². The van der Waals surface area contributed by atoms with Crippen LogP contribution in [0.1, 0.15) is 26.4 Å². The van der Waals surface area contributed by atoms with Gasteiger partial charge in [-0.1, -0.05) is 82.1 Å². The molecule has 1 heterocycles. The number of nitrogens with one attached hydrogen (secondary N) is 2. The molecule has 4 aromatic carbocycles. The Morgan fingerprint density at radius 3 is 2.46 bits per heavy atom. The summed E-state index contributed by atoms with van der Waals surface area (Å²) in [5, 5.41) is 5.54. The van der Waals surface area contributed by atoms with Crippen molar-refractivity contribution in [2.45, 2.75) is 0 Å². The number of rotatable bonds is 6. The fourth-order valence-electron chi connectivity index (χ4n) is 3.92. The van der Waals surface area contributed by atoms with E-state index >= 15 is 0 Å². The first-order valence-corrected chi connectivity index (χ1v) is 12.4. The van der Waals surface area contributed by atoms with Gasteiger partial charge in [-0.3, -0.25) is 4.79 Å². The smallest absolute Gasteiger partial charge is 0.343 e. The van der Waals surface area contributed by atoms with E-state index in [4.69, 9.17) is 16.3 Å². The highest BCUT2D eigenvalue weighted by Crippen LogP contribution is 2.36. The van der Waals surface area contributed by atoms with Crippen molar-refractivity contribution in [1.82, 2.24) is 10.4 Å². The highest BCUT2D eigenvalue weighted by atomic mass is 79.9. The highest BCUT2D eigenvalue weighted by molar-refractivity contribution is 9.10. The number of ether oxygens (including phenoxy) is 1. The van der Waals surface area contributed by atoms with Crippen LogP contribution in [-0.4, -0.2) is 23.1 Å². The van der Waals surface area contributed by atoms with Crippen molar-refractivity contribution in [2.24, 2.45) is 5.10 Å². The third-order valence-electron chi connectivity index (χ3n) is 5.63. The standard InChI is InChI=1S/C29H19BrClN3O3/c30-20-14-15-25(37-29(36)18-8-2-1-3-9-18)19(16-20)17-32-34-28(35)27-26(21-10-4-6-12-23(21)31)22-11-5-7-13-24(22)33-27/h1-17,33H,(H,34,35). The van der Waals surface area contributed by atoms with Crippen LogP contribution >= 0.6 is 27.5 Å². The van der Waals surface area contributed by atoms with E-state index in [0.717, 1.165) is 20.9 Å². The van der Waals surface area contributed by atoms with Gasteiger partial charge < -0.3 is 9.72 Å². The first kappa shape index (κ1) is 24.5. The Labute approximate surface area is 226 Å². The summed E-state index contributed by atoms with van der Waals surface area (Å²) in [6.45, 7) is 0. The van der Waals surface area contributed by atoms with Crippen molar-refractivity contribution in [1.29, 1.82) is 0 Å². The van der Waals surface area contributed by atoms with Gasteiger partial charge in [-0.2, -0.15) is 5.10 Å². The summed E-state index contributed by atoms with van der Waals surface area (Å²) in [5.74, 6) is -0.637.